The molecule has 156 valence electrons. The van der Waals surface area contributed by atoms with Crippen molar-refractivity contribution in [2.24, 2.45) is 0 Å². The summed E-state index contributed by atoms with van der Waals surface area (Å²) >= 11 is 6.16. The molecule has 3 heterocycles. The molecule has 1 aliphatic heterocycles. The van der Waals surface area contributed by atoms with Gasteiger partial charge < -0.3 is 5.32 Å². The molecule has 1 fully saturated rings. The molecule has 0 aliphatic carbocycles. The highest BCUT2D eigenvalue weighted by Gasteiger charge is 2.26. The zero-order valence-corrected chi connectivity index (χ0v) is 17.7. The van der Waals surface area contributed by atoms with Gasteiger partial charge in [0, 0.05) is 31.9 Å². The Bertz CT molecular complexity index is 1200. The van der Waals surface area contributed by atoms with Gasteiger partial charge in [-0.2, -0.15) is 4.31 Å². The van der Waals surface area contributed by atoms with Gasteiger partial charge >= 0.3 is 0 Å². The number of carbonyl (C=O) groups excluding carboxylic acids is 1. The van der Waals surface area contributed by atoms with Gasteiger partial charge in [-0.1, -0.05) is 29.8 Å². The van der Waals surface area contributed by atoms with Crippen LogP contribution >= 0.6 is 11.6 Å². The van der Waals surface area contributed by atoms with Crippen LogP contribution in [0.2, 0.25) is 5.15 Å². The molecule has 0 bridgehead atoms. The molecular weight excluding hydrogens is 424 g/mol. The normalized spacial score (nSPS) is 15.2. The first-order valence-electron chi connectivity index (χ1n) is 9.63. The molecule has 7 nitrogen and oxygen atoms in total. The van der Waals surface area contributed by atoms with E-state index in [0.29, 0.717) is 29.6 Å². The van der Waals surface area contributed by atoms with Crippen LogP contribution in [0.1, 0.15) is 24.1 Å². The second-order valence-corrected chi connectivity index (χ2v) is 9.32. The number of amides is 1. The average Bonchev–Trinajstić information content (AvgIpc) is 3.39. The molecule has 3 aromatic rings. The highest BCUT2D eigenvalue weighted by atomic mass is 35.5. The molecule has 0 spiro atoms. The van der Waals surface area contributed by atoms with E-state index in [4.69, 9.17) is 11.6 Å². The van der Waals surface area contributed by atoms with Crippen LogP contribution in [-0.2, 0) is 21.4 Å². The molecule has 0 unspecified atom stereocenters. The maximum atomic E-state index is 12.6. The molecule has 1 N–H and O–H groups in total. The van der Waals surface area contributed by atoms with E-state index >= 15 is 0 Å². The van der Waals surface area contributed by atoms with E-state index in [1.165, 1.54) is 10.4 Å². The van der Waals surface area contributed by atoms with Crippen molar-refractivity contribution in [2.75, 3.05) is 13.1 Å². The van der Waals surface area contributed by atoms with Crippen molar-refractivity contribution in [3.63, 3.8) is 0 Å². The molecule has 1 amide bonds. The van der Waals surface area contributed by atoms with Gasteiger partial charge in [-0.05, 0) is 48.7 Å². The summed E-state index contributed by atoms with van der Waals surface area (Å²) in [6.45, 7) is 1.43. The SMILES string of the molecule is O=C(/C=C/c1c(Cl)nc2ccccn12)NCc1ccc(S(=O)(=O)N2CCCC2)cc1. The van der Waals surface area contributed by atoms with Crippen LogP contribution in [0.15, 0.2) is 59.6 Å². The van der Waals surface area contributed by atoms with Crippen LogP contribution in [0.4, 0.5) is 0 Å². The second kappa shape index (κ2) is 8.59. The molecule has 4 rings (SSSR count). The number of carbonyl (C=O) groups is 1. The van der Waals surface area contributed by atoms with E-state index in [1.807, 2.05) is 24.4 Å². The zero-order chi connectivity index (χ0) is 21.1. The number of nitrogens with zero attached hydrogens (tertiary/aromatic N) is 3. The summed E-state index contributed by atoms with van der Waals surface area (Å²) in [5.41, 5.74) is 2.13. The van der Waals surface area contributed by atoms with Crippen molar-refractivity contribution in [3.8, 4) is 0 Å². The molecule has 9 heteroatoms. The average molecular weight is 445 g/mol. The van der Waals surface area contributed by atoms with Gasteiger partial charge in [-0.25, -0.2) is 13.4 Å². The third-order valence-electron chi connectivity index (χ3n) is 5.01. The molecule has 0 atom stereocenters. The minimum Gasteiger partial charge on any atom is -0.348 e. The van der Waals surface area contributed by atoms with Crippen molar-refractivity contribution in [1.29, 1.82) is 0 Å². The lowest BCUT2D eigenvalue weighted by atomic mass is 10.2. The van der Waals surface area contributed by atoms with Crippen LogP contribution in [0, 0.1) is 0 Å². The lowest BCUT2D eigenvalue weighted by Gasteiger charge is -2.15. The van der Waals surface area contributed by atoms with Crippen LogP contribution < -0.4 is 5.32 Å². The summed E-state index contributed by atoms with van der Waals surface area (Å²) in [7, 11) is -3.43. The van der Waals surface area contributed by atoms with Gasteiger partial charge in [0.25, 0.3) is 0 Å². The summed E-state index contributed by atoms with van der Waals surface area (Å²) in [5.74, 6) is -0.286. The topological polar surface area (TPSA) is 83.8 Å². The van der Waals surface area contributed by atoms with Gasteiger partial charge in [0.05, 0.1) is 10.6 Å². The molecule has 1 aliphatic rings. The summed E-state index contributed by atoms with van der Waals surface area (Å²) in [4.78, 5) is 16.7. The maximum Gasteiger partial charge on any atom is 0.244 e. The zero-order valence-electron chi connectivity index (χ0n) is 16.2. The van der Waals surface area contributed by atoms with Crippen LogP contribution in [0.5, 0.6) is 0 Å². The Kier molecular flexibility index (Phi) is 5.90. The van der Waals surface area contributed by atoms with Crippen LogP contribution in [0.25, 0.3) is 11.7 Å². The first-order chi connectivity index (χ1) is 14.4. The number of pyridine rings is 1. The minimum absolute atomic E-state index is 0.279. The third-order valence-corrected chi connectivity index (χ3v) is 7.20. The van der Waals surface area contributed by atoms with Crippen molar-refractivity contribution >= 4 is 39.3 Å². The number of rotatable bonds is 6. The Morgan fingerprint density at radius 1 is 1.13 bits per heavy atom. The molecule has 1 saturated heterocycles. The maximum absolute atomic E-state index is 12.6. The minimum atomic E-state index is -3.43. The van der Waals surface area contributed by atoms with Crippen LogP contribution in [-0.4, -0.2) is 41.1 Å². The Labute approximate surface area is 180 Å². The summed E-state index contributed by atoms with van der Waals surface area (Å²) in [6, 6.07) is 12.2. The fourth-order valence-corrected chi connectivity index (χ4v) is 5.15. The summed E-state index contributed by atoms with van der Waals surface area (Å²) in [6.07, 6.45) is 6.63. The van der Waals surface area contributed by atoms with Gasteiger partial charge in [-0.15, -0.1) is 0 Å². The first-order valence-corrected chi connectivity index (χ1v) is 11.4. The molecule has 0 radical (unpaired) electrons. The number of hydrogen-bond acceptors (Lipinski definition) is 4. The Morgan fingerprint density at radius 3 is 2.60 bits per heavy atom. The molecule has 1 aromatic carbocycles. The fraction of sp³-hybridized carbons (Fsp3) is 0.238. The highest BCUT2D eigenvalue weighted by molar-refractivity contribution is 7.89. The van der Waals surface area contributed by atoms with E-state index in [2.05, 4.69) is 10.3 Å². The van der Waals surface area contributed by atoms with Gasteiger partial charge in [-0.3, -0.25) is 9.20 Å². The van der Waals surface area contributed by atoms with Crippen LogP contribution in [0.3, 0.4) is 0 Å². The van der Waals surface area contributed by atoms with Crippen molar-refractivity contribution in [3.05, 3.63) is 71.1 Å². The van der Waals surface area contributed by atoms with Crippen molar-refractivity contribution in [2.45, 2.75) is 24.3 Å². The van der Waals surface area contributed by atoms with E-state index in [0.717, 1.165) is 18.4 Å². The quantitative estimate of drug-likeness (QED) is 0.592. The summed E-state index contributed by atoms with van der Waals surface area (Å²) < 4.78 is 28.4. The fourth-order valence-electron chi connectivity index (χ4n) is 3.39. The van der Waals surface area contributed by atoms with E-state index in [1.54, 1.807) is 34.7 Å². The molecule has 30 heavy (non-hydrogen) atoms. The summed E-state index contributed by atoms with van der Waals surface area (Å²) in [5, 5.41) is 3.10. The monoisotopic (exact) mass is 444 g/mol. The molecule has 0 saturated carbocycles. The Balaban J connectivity index is 1.38. The van der Waals surface area contributed by atoms with Crippen molar-refractivity contribution in [1.82, 2.24) is 19.0 Å². The number of sulfonamides is 1. The predicted molar refractivity (Wildman–Crippen MR) is 116 cm³/mol. The Hall–Kier alpha value is -2.68. The number of halogens is 1. The van der Waals surface area contributed by atoms with E-state index in [9.17, 15) is 13.2 Å². The second-order valence-electron chi connectivity index (χ2n) is 7.02. The predicted octanol–water partition coefficient (Wildman–Crippen LogP) is 3.10. The van der Waals surface area contributed by atoms with Gasteiger partial charge in [0.2, 0.25) is 15.9 Å². The number of imidazole rings is 1. The van der Waals surface area contributed by atoms with Gasteiger partial charge in [0.1, 0.15) is 5.65 Å². The van der Waals surface area contributed by atoms with Crippen molar-refractivity contribution < 1.29 is 13.2 Å². The standard InChI is InChI=1S/C21H21ClN4O3S/c22-21-18(26-14-2-1-5-19(26)24-21)10-11-20(27)23-15-16-6-8-17(9-7-16)30(28,29)25-12-3-4-13-25/h1-2,5-11,14H,3-4,12-13,15H2,(H,23,27)/b11-10+. The largest absolute Gasteiger partial charge is 0.348 e. The lowest BCUT2D eigenvalue weighted by Crippen LogP contribution is -2.27. The molecular formula is C21H21ClN4O3S. The smallest absolute Gasteiger partial charge is 0.244 e. The number of fused-ring (bicyclic) bond motifs is 1. The van der Waals surface area contributed by atoms with E-state index < -0.39 is 10.0 Å². The number of benzene rings is 1. The number of aromatic nitrogens is 2. The van der Waals surface area contributed by atoms with E-state index in [-0.39, 0.29) is 17.3 Å². The Morgan fingerprint density at radius 2 is 1.87 bits per heavy atom. The third kappa shape index (κ3) is 4.26. The first kappa shape index (κ1) is 20.6. The lowest BCUT2D eigenvalue weighted by molar-refractivity contribution is -0.116. The molecule has 2 aromatic heterocycles. The highest BCUT2D eigenvalue weighted by Crippen LogP contribution is 2.21. The number of nitrogens with one attached hydrogen (secondary N) is 1. The number of hydrogen-bond donors (Lipinski definition) is 1. The van der Waals surface area contributed by atoms with Gasteiger partial charge in [0.15, 0.2) is 5.15 Å².